The summed E-state index contributed by atoms with van der Waals surface area (Å²) in [5.41, 5.74) is 2.69. The largest absolute Gasteiger partial charge is 0.454 e. The van der Waals surface area contributed by atoms with Crippen molar-refractivity contribution in [1.82, 2.24) is 9.44 Å². The second kappa shape index (κ2) is 11.4. The first-order valence-electron chi connectivity index (χ1n) is 12.7. The van der Waals surface area contributed by atoms with Gasteiger partial charge in [0.05, 0.1) is 9.79 Å². The Morgan fingerprint density at radius 2 is 0.905 bits per heavy atom. The van der Waals surface area contributed by atoms with Gasteiger partial charge in [-0.2, -0.15) is 0 Å². The number of hydrogen-bond acceptors (Lipinski definition) is 8. The molecule has 0 bridgehead atoms. The van der Waals surface area contributed by atoms with Gasteiger partial charge in [0, 0.05) is 24.2 Å². The maximum absolute atomic E-state index is 12.7. The average molecular weight is 605 g/mol. The van der Waals surface area contributed by atoms with Gasteiger partial charge in [-0.3, -0.25) is 0 Å². The topological polar surface area (TPSA) is 129 Å². The van der Waals surface area contributed by atoms with Crippen molar-refractivity contribution in [3.63, 3.8) is 0 Å². The Morgan fingerprint density at radius 3 is 1.31 bits per heavy atom. The Kier molecular flexibility index (Phi) is 7.49. The number of hydrogen-bond donors (Lipinski definition) is 2. The molecule has 214 valence electrons. The molecule has 6 rings (SSSR count). The zero-order chi connectivity index (χ0) is 29.2. The number of sulfonamides is 2. The molecule has 4 aromatic carbocycles. The van der Waals surface area contributed by atoms with Gasteiger partial charge in [-0.1, -0.05) is 24.0 Å². The van der Waals surface area contributed by atoms with Gasteiger partial charge < -0.3 is 18.9 Å². The zero-order valence-corrected chi connectivity index (χ0v) is 23.6. The van der Waals surface area contributed by atoms with Crippen LogP contribution in [0.3, 0.4) is 0 Å². The molecule has 0 radical (unpaired) electrons. The number of fused-ring (bicyclic) bond motifs is 2. The van der Waals surface area contributed by atoms with Crippen LogP contribution in [0.4, 0.5) is 0 Å². The third kappa shape index (κ3) is 6.19. The third-order valence-electron chi connectivity index (χ3n) is 6.49. The van der Waals surface area contributed by atoms with Crippen molar-refractivity contribution in [1.29, 1.82) is 0 Å². The number of ether oxygens (including phenoxy) is 4. The lowest BCUT2D eigenvalue weighted by atomic mass is 10.2. The van der Waals surface area contributed by atoms with Crippen molar-refractivity contribution in [2.45, 2.75) is 22.9 Å². The second-order valence-electron chi connectivity index (χ2n) is 9.32. The van der Waals surface area contributed by atoms with Crippen molar-refractivity contribution in [3.8, 4) is 34.8 Å². The summed E-state index contributed by atoms with van der Waals surface area (Å²) in [7, 11) is -7.49. The van der Waals surface area contributed by atoms with E-state index in [1.54, 1.807) is 60.7 Å². The first kappa shape index (κ1) is 27.6. The summed E-state index contributed by atoms with van der Waals surface area (Å²) in [5.74, 6) is 8.36. The highest BCUT2D eigenvalue weighted by Gasteiger charge is 2.18. The van der Waals surface area contributed by atoms with Gasteiger partial charge in [0.2, 0.25) is 33.6 Å². The van der Waals surface area contributed by atoms with Gasteiger partial charge in [-0.15, -0.1) is 0 Å². The SMILES string of the molecule is O=S(=O)(NCc1ccc2c(c1)OCO2)c1ccc(C#Cc2ccc(S(=O)(=O)NCc3ccc4c(c3)OCO4)cc2)cc1. The Hall–Kier alpha value is -4.54. The average Bonchev–Trinajstić information content (AvgIpc) is 3.67. The van der Waals surface area contributed by atoms with E-state index in [1.807, 2.05) is 0 Å². The molecule has 0 atom stereocenters. The van der Waals surface area contributed by atoms with Gasteiger partial charge in [0.1, 0.15) is 0 Å². The Bertz CT molecular complexity index is 1770. The van der Waals surface area contributed by atoms with E-state index in [0.29, 0.717) is 34.1 Å². The van der Waals surface area contributed by atoms with Crippen LogP contribution in [-0.2, 0) is 33.1 Å². The summed E-state index contributed by atoms with van der Waals surface area (Å²) in [5, 5.41) is 0. The first-order chi connectivity index (χ1) is 20.2. The van der Waals surface area contributed by atoms with Gasteiger partial charge >= 0.3 is 0 Å². The number of nitrogens with one attached hydrogen (secondary N) is 2. The Balaban J connectivity index is 1.05. The molecule has 2 aliphatic heterocycles. The van der Waals surface area contributed by atoms with Crippen molar-refractivity contribution < 1.29 is 35.8 Å². The molecule has 4 aromatic rings. The van der Waals surface area contributed by atoms with E-state index in [2.05, 4.69) is 21.3 Å². The summed E-state index contributed by atoms with van der Waals surface area (Å²) < 4.78 is 77.4. The van der Waals surface area contributed by atoms with E-state index in [1.165, 1.54) is 24.3 Å². The molecule has 0 saturated heterocycles. The first-order valence-corrected chi connectivity index (χ1v) is 15.7. The minimum absolute atomic E-state index is 0.0974. The van der Waals surface area contributed by atoms with Crippen molar-refractivity contribution in [2.75, 3.05) is 13.6 Å². The molecule has 0 unspecified atom stereocenters. The highest BCUT2D eigenvalue weighted by Crippen LogP contribution is 2.33. The van der Waals surface area contributed by atoms with E-state index in [4.69, 9.17) is 18.9 Å². The highest BCUT2D eigenvalue weighted by molar-refractivity contribution is 7.89. The Labute approximate surface area is 243 Å². The molecule has 42 heavy (non-hydrogen) atoms. The standard InChI is InChI=1S/C30H24N2O8S2/c33-41(34,31-17-23-7-13-27-29(15-23)39-19-37-27)25-9-3-21(4-10-25)1-2-22-5-11-26(12-6-22)42(35,36)32-18-24-8-14-28-30(16-24)40-20-38-28/h3-16,31-32H,17-20H2. The third-order valence-corrected chi connectivity index (χ3v) is 9.32. The summed E-state index contributed by atoms with van der Waals surface area (Å²) in [6.45, 7) is 0.490. The lowest BCUT2D eigenvalue weighted by molar-refractivity contribution is 0.173. The monoisotopic (exact) mass is 604 g/mol. The predicted octanol–water partition coefficient (Wildman–Crippen LogP) is 3.50. The normalized spacial score (nSPS) is 13.4. The molecule has 12 heteroatoms. The maximum atomic E-state index is 12.7. The zero-order valence-electron chi connectivity index (χ0n) is 22.0. The quantitative estimate of drug-likeness (QED) is 0.293. The molecule has 0 amide bonds. The second-order valence-corrected chi connectivity index (χ2v) is 12.9. The van der Waals surface area contributed by atoms with Crippen LogP contribution in [0.25, 0.3) is 0 Å². The van der Waals surface area contributed by atoms with Crippen LogP contribution in [0, 0.1) is 11.8 Å². The van der Waals surface area contributed by atoms with Crippen LogP contribution in [0.15, 0.2) is 94.7 Å². The fourth-order valence-electron chi connectivity index (χ4n) is 4.20. The van der Waals surface area contributed by atoms with E-state index in [9.17, 15) is 16.8 Å². The van der Waals surface area contributed by atoms with Crippen LogP contribution in [0.2, 0.25) is 0 Å². The lowest BCUT2D eigenvalue weighted by Crippen LogP contribution is -2.23. The smallest absolute Gasteiger partial charge is 0.240 e. The molecule has 0 aromatic heterocycles. The summed E-state index contributed by atoms with van der Waals surface area (Å²) in [6, 6.07) is 22.9. The van der Waals surface area contributed by atoms with E-state index >= 15 is 0 Å². The number of rotatable bonds is 8. The molecular weight excluding hydrogens is 580 g/mol. The van der Waals surface area contributed by atoms with Gasteiger partial charge in [0.15, 0.2) is 23.0 Å². The summed E-state index contributed by atoms with van der Waals surface area (Å²) in [6.07, 6.45) is 0. The van der Waals surface area contributed by atoms with Gasteiger partial charge in [-0.05, 0) is 83.9 Å². The fraction of sp³-hybridized carbons (Fsp3) is 0.133. The van der Waals surface area contributed by atoms with Crippen LogP contribution in [0.1, 0.15) is 22.3 Å². The molecule has 0 saturated carbocycles. The van der Waals surface area contributed by atoms with Crippen molar-refractivity contribution >= 4 is 20.0 Å². The lowest BCUT2D eigenvalue weighted by Gasteiger charge is -2.08. The van der Waals surface area contributed by atoms with Crippen molar-refractivity contribution in [3.05, 3.63) is 107 Å². The molecular formula is C30H24N2O8S2. The number of benzene rings is 4. The van der Waals surface area contributed by atoms with Crippen molar-refractivity contribution in [2.24, 2.45) is 0 Å². The van der Waals surface area contributed by atoms with Crippen LogP contribution in [0.5, 0.6) is 23.0 Å². The van der Waals surface area contributed by atoms with Gasteiger partial charge in [0.25, 0.3) is 0 Å². The highest BCUT2D eigenvalue weighted by atomic mass is 32.2. The molecule has 2 heterocycles. The van der Waals surface area contributed by atoms with E-state index in [-0.39, 0.29) is 36.5 Å². The molecule has 2 aliphatic rings. The minimum Gasteiger partial charge on any atom is -0.454 e. The Morgan fingerprint density at radius 1 is 0.524 bits per heavy atom. The maximum Gasteiger partial charge on any atom is 0.240 e. The molecule has 0 spiro atoms. The minimum atomic E-state index is -3.75. The summed E-state index contributed by atoms with van der Waals surface area (Å²) >= 11 is 0. The molecule has 0 aliphatic carbocycles. The van der Waals surface area contributed by atoms with Gasteiger partial charge in [-0.25, -0.2) is 26.3 Å². The fourth-order valence-corrected chi connectivity index (χ4v) is 6.24. The van der Waals surface area contributed by atoms with E-state index < -0.39 is 20.0 Å². The summed E-state index contributed by atoms with van der Waals surface area (Å²) in [4.78, 5) is 0.216. The predicted molar refractivity (Wildman–Crippen MR) is 152 cm³/mol. The molecule has 0 fully saturated rings. The van der Waals surface area contributed by atoms with Crippen LogP contribution in [-0.4, -0.2) is 30.4 Å². The van der Waals surface area contributed by atoms with Crippen LogP contribution >= 0.6 is 0 Å². The molecule has 10 nitrogen and oxygen atoms in total. The van der Waals surface area contributed by atoms with E-state index in [0.717, 1.165) is 11.1 Å². The van der Waals surface area contributed by atoms with Crippen LogP contribution < -0.4 is 28.4 Å². The molecule has 2 N–H and O–H groups in total.